The molecule has 0 bridgehead atoms. The zero-order valence-electron chi connectivity index (χ0n) is 14.1. The number of hydrogen-bond acceptors (Lipinski definition) is 4. The summed E-state index contributed by atoms with van der Waals surface area (Å²) in [5, 5.41) is 13.8. The monoisotopic (exact) mass is 372 g/mol. The Morgan fingerprint density at radius 2 is 2.23 bits per heavy atom. The van der Waals surface area contributed by atoms with E-state index in [0.717, 1.165) is 25.2 Å². The van der Waals surface area contributed by atoms with Crippen molar-refractivity contribution in [3.63, 3.8) is 0 Å². The lowest BCUT2D eigenvalue weighted by Gasteiger charge is -2.33. The van der Waals surface area contributed by atoms with Gasteiger partial charge in [0.05, 0.1) is 11.1 Å². The van der Waals surface area contributed by atoms with E-state index >= 15 is 4.39 Å². The number of benzene rings is 2. The van der Waals surface area contributed by atoms with E-state index in [1.54, 1.807) is 18.2 Å². The van der Waals surface area contributed by atoms with Crippen LogP contribution in [0.4, 0.5) is 4.39 Å². The molecule has 2 aromatic rings. The molecule has 2 aliphatic heterocycles. The van der Waals surface area contributed by atoms with Crippen molar-refractivity contribution in [3.8, 4) is 35.0 Å². The first-order valence-electron chi connectivity index (χ1n) is 8.47. The van der Waals surface area contributed by atoms with E-state index in [1.165, 1.54) is 6.07 Å². The molecule has 2 aromatic carbocycles. The highest BCUT2D eigenvalue weighted by Crippen LogP contribution is 2.43. The van der Waals surface area contributed by atoms with E-state index < -0.39 is 5.82 Å². The van der Waals surface area contributed by atoms with Gasteiger partial charge >= 0.3 is 0 Å². The van der Waals surface area contributed by atoms with Gasteiger partial charge in [-0.2, -0.15) is 0 Å². The number of rotatable bonds is 1. The number of phenols is 1. The molecule has 4 rings (SSSR count). The number of phenolic OH excluding ortho intramolecular Hbond substituents is 1. The largest absolute Gasteiger partial charge is 0.507 e. The van der Waals surface area contributed by atoms with Crippen molar-refractivity contribution in [2.45, 2.75) is 12.6 Å². The van der Waals surface area contributed by atoms with Gasteiger partial charge in [-0.1, -0.05) is 23.6 Å². The predicted molar refractivity (Wildman–Crippen MR) is 99.0 cm³/mol. The Kier molecular flexibility index (Phi) is 4.49. The number of terminal acetylenes is 1. The van der Waals surface area contributed by atoms with Crippen LogP contribution in [-0.4, -0.2) is 42.3 Å². The van der Waals surface area contributed by atoms with Gasteiger partial charge < -0.3 is 15.2 Å². The molecule has 134 valence electrons. The van der Waals surface area contributed by atoms with Crippen LogP contribution in [0.25, 0.3) is 11.1 Å². The zero-order chi connectivity index (χ0) is 18.3. The van der Waals surface area contributed by atoms with Gasteiger partial charge in [0.1, 0.15) is 12.4 Å². The standard InChI is InChI=1S/C20H18ClFN2O2/c1-2-12-8-13-10-24-7-6-23-9-14(24)11-26-20(13)19(22)17(12)18-15(21)4-3-5-16(18)25/h1,3-5,8,14,23,25H,6-7,9-11H2. The molecule has 0 spiro atoms. The molecule has 0 radical (unpaired) electrons. The quantitative estimate of drug-likeness (QED) is 0.755. The van der Waals surface area contributed by atoms with Crippen molar-refractivity contribution in [2.75, 3.05) is 26.2 Å². The van der Waals surface area contributed by atoms with E-state index in [9.17, 15) is 5.11 Å². The summed E-state index contributed by atoms with van der Waals surface area (Å²) < 4.78 is 21.3. The fourth-order valence-corrected chi connectivity index (χ4v) is 3.91. The molecule has 4 nitrogen and oxygen atoms in total. The Bertz CT molecular complexity index is 889. The minimum absolute atomic E-state index is 0.104. The lowest BCUT2D eigenvalue weighted by molar-refractivity contribution is 0.119. The summed E-state index contributed by atoms with van der Waals surface area (Å²) in [4.78, 5) is 2.27. The molecule has 0 aliphatic carbocycles. The fourth-order valence-electron chi connectivity index (χ4n) is 3.65. The van der Waals surface area contributed by atoms with Gasteiger partial charge in [-0.05, 0) is 18.2 Å². The Balaban J connectivity index is 1.89. The van der Waals surface area contributed by atoms with Crippen molar-refractivity contribution in [3.05, 3.63) is 46.2 Å². The highest BCUT2D eigenvalue weighted by atomic mass is 35.5. The molecule has 1 saturated heterocycles. The number of nitrogens with zero attached hydrogens (tertiary/aromatic N) is 1. The smallest absolute Gasteiger partial charge is 0.174 e. The highest BCUT2D eigenvalue weighted by molar-refractivity contribution is 6.33. The topological polar surface area (TPSA) is 44.7 Å². The molecule has 1 fully saturated rings. The molecular formula is C20H18ClFN2O2. The number of aromatic hydroxyl groups is 1. The van der Waals surface area contributed by atoms with Crippen LogP contribution in [0.5, 0.6) is 11.5 Å². The maximum absolute atomic E-state index is 15.5. The third-order valence-electron chi connectivity index (χ3n) is 4.96. The van der Waals surface area contributed by atoms with Gasteiger partial charge in [0, 0.05) is 48.4 Å². The average molecular weight is 373 g/mol. The molecule has 2 aliphatic rings. The maximum atomic E-state index is 15.5. The fraction of sp³-hybridized carbons (Fsp3) is 0.300. The van der Waals surface area contributed by atoms with Crippen molar-refractivity contribution < 1.29 is 14.2 Å². The summed E-state index contributed by atoms with van der Waals surface area (Å²) >= 11 is 6.23. The van der Waals surface area contributed by atoms with Crippen LogP contribution >= 0.6 is 11.6 Å². The van der Waals surface area contributed by atoms with Crippen LogP contribution in [0.3, 0.4) is 0 Å². The van der Waals surface area contributed by atoms with Crippen LogP contribution in [0.2, 0.25) is 5.02 Å². The van der Waals surface area contributed by atoms with Crippen LogP contribution in [0, 0.1) is 18.2 Å². The minimum Gasteiger partial charge on any atom is -0.507 e. The van der Waals surface area contributed by atoms with Gasteiger partial charge in [0.2, 0.25) is 0 Å². The second-order valence-corrected chi connectivity index (χ2v) is 6.93. The van der Waals surface area contributed by atoms with Crippen molar-refractivity contribution in [2.24, 2.45) is 0 Å². The Morgan fingerprint density at radius 3 is 3.00 bits per heavy atom. The van der Waals surface area contributed by atoms with E-state index in [0.29, 0.717) is 18.7 Å². The summed E-state index contributed by atoms with van der Waals surface area (Å²) in [6.45, 7) is 3.52. The Hall–Kier alpha value is -2.26. The average Bonchev–Trinajstić information content (AvgIpc) is 2.82. The maximum Gasteiger partial charge on any atom is 0.174 e. The molecule has 6 heteroatoms. The second kappa shape index (κ2) is 6.81. The van der Waals surface area contributed by atoms with Gasteiger partial charge in [-0.15, -0.1) is 6.42 Å². The zero-order valence-corrected chi connectivity index (χ0v) is 14.8. The lowest BCUT2D eigenvalue weighted by atomic mass is 9.95. The summed E-state index contributed by atoms with van der Waals surface area (Å²) in [6.07, 6.45) is 5.66. The molecule has 0 amide bonds. The van der Waals surface area contributed by atoms with Crippen molar-refractivity contribution in [1.29, 1.82) is 0 Å². The summed E-state index contributed by atoms with van der Waals surface area (Å²) in [7, 11) is 0. The first-order chi connectivity index (χ1) is 12.6. The van der Waals surface area contributed by atoms with Gasteiger partial charge in [0.25, 0.3) is 0 Å². The molecule has 0 aromatic heterocycles. The molecule has 1 unspecified atom stereocenters. The number of ether oxygens (including phenoxy) is 1. The lowest BCUT2D eigenvalue weighted by Crippen LogP contribution is -2.52. The number of halogens is 2. The summed E-state index contributed by atoms with van der Waals surface area (Å²) in [5.74, 6) is 2.02. The third-order valence-corrected chi connectivity index (χ3v) is 5.28. The van der Waals surface area contributed by atoms with Gasteiger partial charge in [-0.3, -0.25) is 4.90 Å². The van der Waals surface area contributed by atoms with Crippen molar-refractivity contribution >= 4 is 11.6 Å². The highest BCUT2D eigenvalue weighted by Gasteiger charge is 2.31. The minimum atomic E-state index is -0.577. The summed E-state index contributed by atoms with van der Waals surface area (Å²) in [6, 6.07) is 6.59. The molecular weight excluding hydrogens is 355 g/mol. The third kappa shape index (κ3) is 2.80. The molecule has 26 heavy (non-hydrogen) atoms. The van der Waals surface area contributed by atoms with Crippen LogP contribution in [-0.2, 0) is 6.54 Å². The number of nitrogens with one attached hydrogen (secondary N) is 1. The first kappa shape index (κ1) is 17.2. The first-order valence-corrected chi connectivity index (χ1v) is 8.85. The van der Waals surface area contributed by atoms with Crippen LogP contribution in [0.1, 0.15) is 11.1 Å². The predicted octanol–water partition coefficient (Wildman–Crippen LogP) is 3.00. The van der Waals surface area contributed by atoms with Gasteiger partial charge in [0.15, 0.2) is 11.6 Å². The summed E-state index contributed by atoms with van der Waals surface area (Å²) in [5.41, 5.74) is 1.36. The normalized spacial score (nSPS) is 19.7. The van der Waals surface area contributed by atoms with E-state index in [4.69, 9.17) is 22.8 Å². The molecule has 1 atom stereocenters. The second-order valence-electron chi connectivity index (χ2n) is 6.52. The Labute approximate surface area is 156 Å². The number of hydrogen-bond donors (Lipinski definition) is 2. The molecule has 2 heterocycles. The van der Waals surface area contributed by atoms with Crippen LogP contribution < -0.4 is 10.1 Å². The number of piperazine rings is 1. The van der Waals surface area contributed by atoms with Crippen molar-refractivity contribution in [1.82, 2.24) is 10.2 Å². The molecule has 0 saturated carbocycles. The Morgan fingerprint density at radius 1 is 1.38 bits per heavy atom. The molecule has 2 N–H and O–H groups in total. The SMILES string of the molecule is C#Cc1cc2c(c(F)c1-c1c(O)cccc1Cl)OCC1CNCCN1C2. The van der Waals surface area contributed by atoms with Gasteiger partial charge in [-0.25, -0.2) is 4.39 Å². The van der Waals surface area contributed by atoms with Crippen LogP contribution in [0.15, 0.2) is 24.3 Å². The van der Waals surface area contributed by atoms with E-state index in [2.05, 4.69) is 16.1 Å². The number of fused-ring (bicyclic) bond motifs is 2. The van der Waals surface area contributed by atoms with E-state index in [1.807, 2.05) is 0 Å². The van der Waals surface area contributed by atoms with E-state index in [-0.39, 0.29) is 33.7 Å².